The van der Waals surface area contributed by atoms with Crippen LogP contribution in [0.1, 0.15) is 26.5 Å². The fourth-order valence-electron chi connectivity index (χ4n) is 2.37. The summed E-state index contributed by atoms with van der Waals surface area (Å²) in [5.74, 6) is 0.761. The van der Waals surface area contributed by atoms with Crippen LogP contribution in [0.15, 0.2) is 76.7 Å². The van der Waals surface area contributed by atoms with Crippen LogP contribution in [0.2, 0.25) is 0 Å². The van der Waals surface area contributed by atoms with Crippen molar-refractivity contribution >= 4 is 17.9 Å². The maximum Gasteiger partial charge on any atom is 0.277 e. The highest BCUT2D eigenvalue weighted by molar-refractivity contribution is 5.95. The van der Waals surface area contributed by atoms with Gasteiger partial charge in [-0.05, 0) is 42.5 Å². The molecule has 3 rings (SSSR count). The van der Waals surface area contributed by atoms with Crippen LogP contribution >= 0.6 is 0 Å². The lowest BCUT2D eigenvalue weighted by Crippen LogP contribution is -2.38. The van der Waals surface area contributed by atoms with Crippen molar-refractivity contribution in [2.24, 2.45) is 5.10 Å². The molecule has 7 nitrogen and oxygen atoms in total. The van der Waals surface area contributed by atoms with Crippen molar-refractivity contribution < 1.29 is 23.3 Å². The fourth-order valence-corrected chi connectivity index (χ4v) is 2.37. The van der Waals surface area contributed by atoms with Crippen LogP contribution < -0.4 is 14.7 Å². The summed E-state index contributed by atoms with van der Waals surface area (Å²) in [6.45, 7) is 0.114. The lowest BCUT2D eigenvalue weighted by atomic mass is 10.1. The van der Waals surface area contributed by atoms with Crippen molar-refractivity contribution in [2.75, 3.05) is 7.11 Å². The molecule has 0 saturated carbocycles. The molecule has 0 unspecified atom stereocenters. The third kappa shape index (κ3) is 4.88. The van der Waals surface area contributed by atoms with Crippen molar-refractivity contribution in [3.05, 3.63) is 84.1 Å². The van der Waals surface area contributed by atoms with Crippen molar-refractivity contribution in [3.63, 3.8) is 0 Å². The summed E-state index contributed by atoms with van der Waals surface area (Å²) in [6.07, 6.45) is 6.24. The van der Waals surface area contributed by atoms with Gasteiger partial charge >= 0.3 is 0 Å². The standard InChI is InChI=1S/C20H17N3O4/c1-26-17-8-6-15(7-9-17)19(24)14-23-10-2-4-16(13-23)20(25)22-21-12-18-5-3-11-27-18/h2-13H,14H2,1H3/p+1. The number of nitrogens with zero attached hydrogens (tertiary/aromatic N) is 2. The molecule has 0 radical (unpaired) electrons. The van der Waals surface area contributed by atoms with Crippen LogP contribution in [-0.2, 0) is 6.54 Å². The number of amides is 1. The average Bonchev–Trinajstić information content (AvgIpc) is 3.21. The van der Waals surface area contributed by atoms with E-state index in [1.165, 1.54) is 12.5 Å². The highest BCUT2D eigenvalue weighted by atomic mass is 16.5. The largest absolute Gasteiger partial charge is 0.497 e. The van der Waals surface area contributed by atoms with E-state index in [0.29, 0.717) is 22.6 Å². The predicted molar refractivity (Wildman–Crippen MR) is 97.7 cm³/mol. The van der Waals surface area contributed by atoms with Crippen molar-refractivity contribution in [3.8, 4) is 5.75 Å². The zero-order chi connectivity index (χ0) is 19.1. The molecular formula is C20H18N3O4+. The summed E-state index contributed by atoms with van der Waals surface area (Å²) >= 11 is 0. The minimum Gasteiger partial charge on any atom is -0.497 e. The molecule has 2 heterocycles. The maximum atomic E-state index is 12.4. The molecule has 1 N–H and O–H groups in total. The summed E-state index contributed by atoms with van der Waals surface area (Å²) in [7, 11) is 1.57. The van der Waals surface area contributed by atoms with Crippen molar-refractivity contribution in [1.82, 2.24) is 5.43 Å². The van der Waals surface area contributed by atoms with E-state index in [-0.39, 0.29) is 18.2 Å². The summed E-state index contributed by atoms with van der Waals surface area (Å²) in [6, 6.07) is 13.7. The van der Waals surface area contributed by atoms with Gasteiger partial charge in [-0.25, -0.2) is 5.43 Å². The number of hydrazone groups is 1. The number of rotatable bonds is 7. The molecule has 136 valence electrons. The van der Waals surface area contributed by atoms with E-state index < -0.39 is 0 Å². The number of carbonyl (C=O) groups excluding carboxylic acids is 2. The molecule has 0 fully saturated rings. The molecule has 0 aliphatic rings. The zero-order valence-corrected chi connectivity index (χ0v) is 14.7. The van der Waals surface area contributed by atoms with Crippen LogP contribution in [0.3, 0.4) is 0 Å². The zero-order valence-electron chi connectivity index (χ0n) is 14.7. The Morgan fingerprint density at radius 1 is 1.15 bits per heavy atom. The van der Waals surface area contributed by atoms with E-state index in [1.807, 2.05) is 0 Å². The van der Waals surface area contributed by atoms with Gasteiger partial charge in [0.25, 0.3) is 5.91 Å². The van der Waals surface area contributed by atoms with E-state index >= 15 is 0 Å². The van der Waals surface area contributed by atoms with Gasteiger partial charge in [0, 0.05) is 11.6 Å². The van der Waals surface area contributed by atoms with E-state index in [1.54, 1.807) is 72.6 Å². The second-order valence-corrected chi connectivity index (χ2v) is 5.63. The van der Waals surface area contributed by atoms with Gasteiger partial charge in [0.05, 0.1) is 19.6 Å². The van der Waals surface area contributed by atoms with Gasteiger partial charge in [-0.1, -0.05) is 0 Å². The van der Waals surface area contributed by atoms with Crippen molar-refractivity contribution in [2.45, 2.75) is 6.54 Å². The van der Waals surface area contributed by atoms with Crippen LogP contribution in [0.5, 0.6) is 5.75 Å². The Morgan fingerprint density at radius 2 is 1.96 bits per heavy atom. The number of carbonyl (C=O) groups is 2. The van der Waals surface area contributed by atoms with E-state index in [4.69, 9.17) is 9.15 Å². The van der Waals surface area contributed by atoms with Gasteiger partial charge in [0.1, 0.15) is 17.1 Å². The maximum absolute atomic E-state index is 12.4. The smallest absolute Gasteiger partial charge is 0.277 e. The second kappa shape index (κ2) is 8.57. The molecule has 3 aromatic rings. The molecule has 2 aromatic heterocycles. The molecule has 7 heteroatoms. The van der Waals surface area contributed by atoms with Gasteiger partial charge < -0.3 is 9.15 Å². The van der Waals surface area contributed by atoms with Gasteiger partial charge in [0.15, 0.2) is 12.4 Å². The highest BCUT2D eigenvalue weighted by Gasteiger charge is 2.15. The number of furan rings is 1. The number of ether oxygens (including phenoxy) is 1. The monoisotopic (exact) mass is 364 g/mol. The molecular weight excluding hydrogens is 346 g/mol. The molecule has 0 spiro atoms. The third-order valence-corrected chi connectivity index (χ3v) is 3.76. The minimum atomic E-state index is -0.385. The third-order valence-electron chi connectivity index (χ3n) is 3.76. The van der Waals surface area contributed by atoms with Gasteiger partial charge in [-0.2, -0.15) is 9.67 Å². The number of methoxy groups -OCH3 is 1. The van der Waals surface area contributed by atoms with Gasteiger partial charge in [-0.3, -0.25) is 9.59 Å². The summed E-state index contributed by atoms with van der Waals surface area (Å²) in [5.41, 5.74) is 3.38. The molecule has 1 aromatic carbocycles. The van der Waals surface area contributed by atoms with Crippen LogP contribution in [0.4, 0.5) is 0 Å². The summed E-state index contributed by atoms with van der Waals surface area (Å²) < 4.78 is 11.8. The number of hydrogen-bond acceptors (Lipinski definition) is 5. The number of hydrogen-bond donors (Lipinski definition) is 1. The first-order chi connectivity index (χ1) is 13.2. The molecule has 27 heavy (non-hydrogen) atoms. The Labute approximate surface area is 155 Å². The number of benzene rings is 1. The molecule has 0 saturated heterocycles. The number of Topliss-reactive ketones (excluding diaryl/α,β-unsaturated/α-hetero) is 1. The topological polar surface area (TPSA) is 84.8 Å². The molecule has 0 atom stereocenters. The first-order valence-corrected chi connectivity index (χ1v) is 8.19. The summed E-state index contributed by atoms with van der Waals surface area (Å²) in [4.78, 5) is 24.6. The predicted octanol–water partition coefficient (Wildman–Crippen LogP) is 2.22. The number of aromatic nitrogens is 1. The quantitative estimate of drug-likeness (QED) is 0.301. The molecule has 0 aliphatic carbocycles. The minimum absolute atomic E-state index is 0.0731. The van der Waals surface area contributed by atoms with Crippen LogP contribution in [0, 0.1) is 0 Å². The Bertz CT molecular complexity index is 948. The Kier molecular flexibility index (Phi) is 5.73. The summed E-state index contributed by atoms with van der Waals surface area (Å²) in [5, 5.41) is 3.84. The van der Waals surface area contributed by atoms with Gasteiger partial charge in [-0.15, -0.1) is 0 Å². The number of ketones is 1. The number of nitrogens with one attached hydrogen (secondary N) is 1. The highest BCUT2D eigenvalue weighted by Crippen LogP contribution is 2.11. The van der Waals surface area contributed by atoms with E-state index in [9.17, 15) is 9.59 Å². The second-order valence-electron chi connectivity index (χ2n) is 5.63. The number of pyridine rings is 1. The lowest BCUT2D eigenvalue weighted by Gasteiger charge is -2.02. The average molecular weight is 364 g/mol. The van der Waals surface area contributed by atoms with Crippen LogP contribution in [-0.4, -0.2) is 25.0 Å². The lowest BCUT2D eigenvalue weighted by molar-refractivity contribution is -0.683. The fraction of sp³-hybridized carbons (Fsp3) is 0.100. The molecule has 0 bridgehead atoms. The first kappa shape index (κ1) is 18.1. The molecule has 0 aliphatic heterocycles. The molecule has 1 amide bonds. The van der Waals surface area contributed by atoms with Crippen LogP contribution in [0.25, 0.3) is 0 Å². The Morgan fingerprint density at radius 3 is 2.67 bits per heavy atom. The first-order valence-electron chi connectivity index (χ1n) is 8.19. The normalized spacial score (nSPS) is 10.7. The Balaban J connectivity index is 1.63. The van der Waals surface area contributed by atoms with E-state index in [2.05, 4.69) is 10.5 Å². The SMILES string of the molecule is COc1ccc(C(=O)C[n+]2cccc(C(=O)NN=Cc3ccco3)c2)cc1. The van der Waals surface area contributed by atoms with E-state index in [0.717, 1.165) is 0 Å². The Hall–Kier alpha value is -3.74. The van der Waals surface area contributed by atoms with Gasteiger partial charge in [0.2, 0.25) is 12.3 Å². The van der Waals surface area contributed by atoms with Crippen molar-refractivity contribution in [1.29, 1.82) is 0 Å².